The quantitative estimate of drug-likeness (QED) is 0.691. The van der Waals surface area contributed by atoms with Crippen LogP contribution < -0.4 is 0 Å². The largest absolute Gasteiger partial charge is 0.389 e. The Morgan fingerprint density at radius 1 is 1.13 bits per heavy atom. The van der Waals surface area contributed by atoms with Gasteiger partial charge >= 0.3 is 0 Å². The molecule has 1 N–H and O–H groups in total. The highest BCUT2D eigenvalue weighted by Crippen LogP contribution is 2.53. The van der Waals surface area contributed by atoms with Gasteiger partial charge in [0.1, 0.15) is 0 Å². The monoisotopic (exact) mass is 342 g/mol. The Balaban J connectivity index is 2.00. The normalized spacial score (nSPS) is 36.3. The second kappa shape index (κ2) is 7.55. The molecule has 1 saturated heterocycles. The van der Waals surface area contributed by atoms with Gasteiger partial charge in [-0.05, 0) is 49.4 Å². The number of hydrogen-bond donors (Lipinski definition) is 1. The first-order chi connectivity index (χ1) is 10.6. The van der Waals surface area contributed by atoms with E-state index in [4.69, 9.17) is 9.47 Å². The van der Waals surface area contributed by atoms with E-state index < -0.39 is 13.7 Å². The van der Waals surface area contributed by atoms with Gasteiger partial charge in [-0.25, -0.2) is 0 Å². The van der Waals surface area contributed by atoms with Crippen molar-refractivity contribution in [3.8, 4) is 0 Å². The van der Waals surface area contributed by atoms with E-state index in [9.17, 15) is 5.11 Å². The minimum atomic E-state index is -1.20. The predicted octanol–water partition coefficient (Wildman–Crippen LogP) is 4.53. The Hall–Kier alpha value is 0.0969. The molecule has 0 spiro atoms. The maximum Gasteiger partial charge on any atom is 0.157 e. The Labute approximate surface area is 144 Å². The van der Waals surface area contributed by atoms with Gasteiger partial charge < -0.3 is 14.6 Å². The minimum Gasteiger partial charge on any atom is -0.389 e. The van der Waals surface area contributed by atoms with Crippen molar-refractivity contribution in [2.75, 3.05) is 13.2 Å². The maximum absolute atomic E-state index is 11.5. The maximum atomic E-state index is 11.5. The highest BCUT2D eigenvalue weighted by Gasteiger charge is 2.54. The molecule has 136 valence electrons. The van der Waals surface area contributed by atoms with Crippen molar-refractivity contribution < 1.29 is 14.6 Å². The van der Waals surface area contributed by atoms with Gasteiger partial charge in [0.05, 0.1) is 18.8 Å². The zero-order chi connectivity index (χ0) is 17.3. The lowest BCUT2D eigenvalue weighted by Crippen LogP contribution is -2.47. The first-order valence-corrected chi connectivity index (χ1v) is 13.3. The zero-order valence-electron chi connectivity index (χ0n) is 16.1. The van der Waals surface area contributed by atoms with Crippen LogP contribution in [0.2, 0.25) is 25.7 Å². The van der Waals surface area contributed by atoms with Crippen LogP contribution >= 0.6 is 0 Å². The van der Waals surface area contributed by atoms with Crippen LogP contribution in [0.15, 0.2) is 0 Å². The van der Waals surface area contributed by atoms with Crippen LogP contribution in [0.5, 0.6) is 0 Å². The van der Waals surface area contributed by atoms with E-state index in [0.717, 1.165) is 26.1 Å². The summed E-state index contributed by atoms with van der Waals surface area (Å²) in [5, 5.41) is 11.5. The highest BCUT2D eigenvalue weighted by atomic mass is 28.3. The average molecular weight is 343 g/mol. The number of ether oxygens (including phenoxy) is 2. The van der Waals surface area contributed by atoms with Crippen molar-refractivity contribution >= 4 is 8.07 Å². The first-order valence-electron chi connectivity index (χ1n) is 9.60. The van der Waals surface area contributed by atoms with Crippen molar-refractivity contribution in [2.24, 2.45) is 23.7 Å². The van der Waals surface area contributed by atoms with E-state index in [2.05, 4.69) is 40.4 Å². The summed E-state index contributed by atoms with van der Waals surface area (Å²) in [5.74, 6) is 1.87. The molecular formula is C19H38O3Si. The van der Waals surface area contributed by atoms with Crippen molar-refractivity contribution in [3.63, 3.8) is 0 Å². The fourth-order valence-corrected chi connectivity index (χ4v) is 6.96. The summed E-state index contributed by atoms with van der Waals surface area (Å²) in [7, 11) is -1.20. The summed E-state index contributed by atoms with van der Waals surface area (Å²) in [6, 6.07) is 1.24. The van der Waals surface area contributed by atoms with Crippen molar-refractivity contribution in [1.82, 2.24) is 0 Å². The van der Waals surface area contributed by atoms with Crippen molar-refractivity contribution in [1.29, 1.82) is 0 Å². The lowest BCUT2D eigenvalue weighted by atomic mass is 9.75. The second-order valence-electron chi connectivity index (χ2n) is 9.41. The van der Waals surface area contributed by atoms with Gasteiger partial charge in [0.2, 0.25) is 0 Å². The van der Waals surface area contributed by atoms with Gasteiger partial charge in [0.25, 0.3) is 0 Å². The standard InChI is InChI=1S/C19H38O3Si/c1-14(2)19(20)15(3)12-16(17(19)13-23(4,5)6)8-7-9-18-21-10-11-22-18/h14-18,20H,7-13H2,1-6H3/t15-,16+,17+,19-/m0/s1. The molecule has 2 fully saturated rings. The van der Waals surface area contributed by atoms with Gasteiger partial charge in [-0.1, -0.05) is 46.5 Å². The first kappa shape index (κ1) is 19.4. The Kier molecular flexibility index (Phi) is 6.37. The summed E-state index contributed by atoms with van der Waals surface area (Å²) < 4.78 is 11.1. The zero-order valence-corrected chi connectivity index (χ0v) is 17.1. The summed E-state index contributed by atoms with van der Waals surface area (Å²) in [6.07, 6.45) is 4.56. The van der Waals surface area contributed by atoms with Crippen LogP contribution in [0.3, 0.4) is 0 Å². The molecule has 0 radical (unpaired) electrons. The molecule has 4 atom stereocenters. The molecule has 0 bridgehead atoms. The van der Waals surface area contributed by atoms with Gasteiger partial charge in [-0.2, -0.15) is 0 Å². The third kappa shape index (κ3) is 4.59. The van der Waals surface area contributed by atoms with E-state index in [1.165, 1.54) is 18.9 Å². The van der Waals surface area contributed by atoms with E-state index in [1.807, 2.05) is 0 Å². The summed E-state index contributed by atoms with van der Waals surface area (Å²) >= 11 is 0. The van der Waals surface area contributed by atoms with Crippen LogP contribution in [0.25, 0.3) is 0 Å². The van der Waals surface area contributed by atoms with Gasteiger partial charge in [0, 0.05) is 8.07 Å². The smallest absolute Gasteiger partial charge is 0.157 e. The average Bonchev–Trinajstić information content (AvgIpc) is 3.01. The van der Waals surface area contributed by atoms with Crippen LogP contribution in [0.1, 0.15) is 46.5 Å². The molecular weight excluding hydrogens is 304 g/mol. The van der Waals surface area contributed by atoms with E-state index in [1.54, 1.807) is 0 Å². The van der Waals surface area contributed by atoms with E-state index >= 15 is 0 Å². The molecule has 1 aliphatic heterocycles. The molecule has 1 saturated carbocycles. The second-order valence-corrected chi connectivity index (χ2v) is 14.9. The third-order valence-corrected chi connectivity index (χ3v) is 7.74. The molecule has 0 unspecified atom stereocenters. The Morgan fingerprint density at radius 2 is 1.74 bits per heavy atom. The fourth-order valence-electron chi connectivity index (χ4n) is 4.98. The number of aliphatic hydroxyl groups is 1. The van der Waals surface area contributed by atoms with Crippen LogP contribution in [-0.4, -0.2) is 38.3 Å². The Morgan fingerprint density at radius 3 is 2.26 bits per heavy atom. The molecule has 23 heavy (non-hydrogen) atoms. The van der Waals surface area contributed by atoms with E-state index in [0.29, 0.717) is 23.7 Å². The lowest BCUT2D eigenvalue weighted by Gasteiger charge is -2.41. The highest BCUT2D eigenvalue weighted by molar-refractivity contribution is 6.76. The SMILES string of the molecule is CC(C)[C@@]1(O)[C@H](C[Si](C)(C)C)[C@H](CCCC2OCCO2)C[C@@H]1C. The van der Waals surface area contributed by atoms with Crippen molar-refractivity contribution in [2.45, 2.75) is 84.0 Å². The molecule has 3 nitrogen and oxygen atoms in total. The third-order valence-electron chi connectivity index (χ3n) is 6.07. The summed E-state index contributed by atoms with van der Waals surface area (Å²) in [5.41, 5.74) is -0.481. The van der Waals surface area contributed by atoms with Crippen LogP contribution in [0, 0.1) is 23.7 Å². The number of hydrogen-bond acceptors (Lipinski definition) is 3. The molecule has 0 amide bonds. The molecule has 1 heterocycles. The molecule has 1 aliphatic carbocycles. The number of rotatable bonds is 7. The molecule has 2 aliphatic rings. The minimum absolute atomic E-state index is 0.0215. The van der Waals surface area contributed by atoms with Gasteiger partial charge in [0.15, 0.2) is 6.29 Å². The molecule has 2 rings (SSSR count). The van der Waals surface area contributed by atoms with E-state index in [-0.39, 0.29) is 6.29 Å². The summed E-state index contributed by atoms with van der Waals surface area (Å²) in [4.78, 5) is 0. The van der Waals surface area contributed by atoms with Gasteiger partial charge in [-0.15, -0.1) is 0 Å². The van der Waals surface area contributed by atoms with Crippen LogP contribution in [-0.2, 0) is 9.47 Å². The lowest BCUT2D eigenvalue weighted by molar-refractivity contribution is -0.0721. The molecule has 0 aromatic rings. The predicted molar refractivity (Wildman–Crippen MR) is 98.2 cm³/mol. The Bertz CT molecular complexity index is 373. The fraction of sp³-hybridized carbons (Fsp3) is 1.00. The molecule has 0 aromatic heterocycles. The topological polar surface area (TPSA) is 38.7 Å². The van der Waals surface area contributed by atoms with Crippen molar-refractivity contribution in [3.05, 3.63) is 0 Å². The van der Waals surface area contributed by atoms with Crippen LogP contribution in [0.4, 0.5) is 0 Å². The molecule has 4 heteroatoms. The molecule has 0 aromatic carbocycles. The summed E-state index contributed by atoms with van der Waals surface area (Å²) in [6.45, 7) is 15.5. The van der Waals surface area contributed by atoms with Gasteiger partial charge in [-0.3, -0.25) is 0 Å².